The molecule has 0 radical (unpaired) electrons. The first-order chi connectivity index (χ1) is 9.93. The number of nitrogens with zero attached hydrogens (tertiary/aromatic N) is 2. The highest BCUT2D eigenvalue weighted by Crippen LogP contribution is 2.25. The lowest BCUT2D eigenvalue weighted by Gasteiger charge is -2.38. The molecule has 0 aliphatic carbocycles. The van der Waals surface area contributed by atoms with Crippen LogP contribution in [0, 0.1) is 11.3 Å². The highest BCUT2D eigenvalue weighted by atomic mass is 16.5. The molecule has 0 bridgehead atoms. The lowest BCUT2D eigenvalue weighted by atomic mass is 9.89. The summed E-state index contributed by atoms with van der Waals surface area (Å²) in [4.78, 5) is 18.2. The standard InChI is InChI=1S/C15H28N4O2/c1-11(2)13(20)19-6-5-12(7-19)18-14(16-4)17-8-15(3)9-21-10-15/h11-12H,5-10H2,1-4H3,(H2,16,17,18). The van der Waals surface area contributed by atoms with Crippen molar-refractivity contribution in [1.29, 1.82) is 0 Å². The number of rotatable bonds is 4. The Morgan fingerprint density at radius 3 is 2.71 bits per heavy atom. The Balaban J connectivity index is 1.76. The van der Waals surface area contributed by atoms with Gasteiger partial charge < -0.3 is 20.3 Å². The molecule has 2 N–H and O–H groups in total. The van der Waals surface area contributed by atoms with Gasteiger partial charge in [0.25, 0.3) is 0 Å². The number of likely N-dealkylation sites (tertiary alicyclic amines) is 1. The van der Waals surface area contributed by atoms with Gasteiger partial charge in [0.1, 0.15) is 0 Å². The van der Waals surface area contributed by atoms with E-state index in [0.29, 0.717) is 0 Å². The molecule has 2 heterocycles. The Bertz CT molecular complexity index is 404. The van der Waals surface area contributed by atoms with Gasteiger partial charge in [-0.2, -0.15) is 0 Å². The summed E-state index contributed by atoms with van der Waals surface area (Å²) < 4.78 is 5.26. The predicted molar refractivity (Wildman–Crippen MR) is 83.2 cm³/mol. The number of amides is 1. The van der Waals surface area contributed by atoms with Crippen molar-refractivity contribution in [3.63, 3.8) is 0 Å². The molecule has 0 aromatic rings. The third kappa shape index (κ3) is 4.09. The van der Waals surface area contributed by atoms with E-state index in [1.165, 1.54) is 0 Å². The smallest absolute Gasteiger partial charge is 0.225 e. The summed E-state index contributed by atoms with van der Waals surface area (Å²) in [5.74, 6) is 1.12. The minimum atomic E-state index is 0.0692. The van der Waals surface area contributed by atoms with Crippen LogP contribution in [0.25, 0.3) is 0 Å². The zero-order valence-corrected chi connectivity index (χ0v) is 13.6. The number of hydrogen-bond donors (Lipinski definition) is 2. The lowest BCUT2D eigenvalue weighted by molar-refractivity contribution is -0.133. The van der Waals surface area contributed by atoms with Crippen molar-refractivity contribution in [1.82, 2.24) is 15.5 Å². The zero-order valence-electron chi connectivity index (χ0n) is 13.6. The van der Waals surface area contributed by atoms with Crippen molar-refractivity contribution in [2.75, 3.05) is 39.9 Å². The monoisotopic (exact) mass is 296 g/mol. The van der Waals surface area contributed by atoms with Crippen molar-refractivity contribution in [3.8, 4) is 0 Å². The summed E-state index contributed by atoms with van der Waals surface area (Å²) >= 11 is 0. The summed E-state index contributed by atoms with van der Waals surface area (Å²) in [6.45, 7) is 10.2. The Hall–Kier alpha value is -1.30. The fourth-order valence-electron chi connectivity index (χ4n) is 2.68. The number of nitrogens with one attached hydrogen (secondary N) is 2. The Kier molecular flexibility index (Phi) is 5.08. The molecule has 0 aromatic heterocycles. The largest absolute Gasteiger partial charge is 0.380 e. The van der Waals surface area contributed by atoms with E-state index in [4.69, 9.17) is 4.74 Å². The fourth-order valence-corrected chi connectivity index (χ4v) is 2.68. The van der Waals surface area contributed by atoms with Crippen molar-refractivity contribution in [2.45, 2.75) is 33.2 Å². The van der Waals surface area contributed by atoms with Crippen LogP contribution < -0.4 is 10.6 Å². The Morgan fingerprint density at radius 1 is 1.48 bits per heavy atom. The quantitative estimate of drug-likeness (QED) is 0.584. The van der Waals surface area contributed by atoms with Gasteiger partial charge in [0.15, 0.2) is 5.96 Å². The molecule has 120 valence electrons. The van der Waals surface area contributed by atoms with Crippen LogP contribution >= 0.6 is 0 Å². The number of aliphatic imine (C=N–C) groups is 1. The molecule has 2 aliphatic heterocycles. The minimum Gasteiger partial charge on any atom is -0.380 e. The van der Waals surface area contributed by atoms with Gasteiger partial charge >= 0.3 is 0 Å². The van der Waals surface area contributed by atoms with Gasteiger partial charge in [-0.05, 0) is 6.42 Å². The molecule has 21 heavy (non-hydrogen) atoms. The molecule has 1 unspecified atom stereocenters. The second kappa shape index (κ2) is 6.64. The van der Waals surface area contributed by atoms with E-state index in [2.05, 4.69) is 22.5 Å². The highest BCUT2D eigenvalue weighted by molar-refractivity contribution is 5.81. The summed E-state index contributed by atoms with van der Waals surface area (Å²) in [6, 6.07) is 0.282. The zero-order chi connectivity index (χ0) is 15.5. The highest BCUT2D eigenvalue weighted by Gasteiger charge is 2.34. The number of ether oxygens (including phenoxy) is 1. The molecule has 0 spiro atoms. The van der Waals surface area contributed by atoms with Crippen molar-refractivity contribution in [2.24, 2.45) is 16.3 Å². The second-order valence-electron chi connectivity index (χ2n) is 6.80. The van der Waals surface area contributed by atoms with Gasteiger partial charge in [0, 0.05) is 44.1 Å². The van der Waals surface area contributed by atoms with Crippen LogP contribution in [-0.4, -0.2) is 62.7 Å². The lowest BCUT2D eigenvalue weighted by Crippen LogP contribution is -2.52. The molecule has 2 rings (SSSR count). The Morgan fingerprint density at radius 2 is 2.19 bits per heavy atom. The van der Waals surface area contributed by atoms with Gasteiger partial charge in [-0.3, -0.25) is 9.79 Å². The normalized spacial score (nSPS) is 24.9. The maximum Gasteiger partial charge on any atom is 0.225 e. The molecule has 6 nitrogen and oxygen atoms in total. The van der Waals surface area contributed by atoms with Crippen LogP contribution in [0.1, 0.15) is 27.2 Å². The number of guanidine groups is 1. The van der Waals surface area contributed by atoms with Crippen LogP contribution in [0.2, 0.25) is 0 Å². The van der Waals surface area contributed by atoms with Gasteiger partial charge in [-0.15, -0.1) is 0 Å². The summed E-state index contributed by atoms with van der Waals surface area (Å²) in [5, 5.41) is 6.78. The molecule has 0 saturated carbocycles. The van der Waals surface area contributed by atoms with E-state index >= 15 is 0 Å². The average molecular weight is 296 g/mol. The van der Waals surface area contributed by atoms with Gasteiger partial charge in [0.05, 0.1) is 13.2 Å². The maximum absolute atomic E-state index is 12.0. The van der Waals surface area contributed by atoms with E-state index in [1.54, 1.807) is 7.05 Å². The predicted octanol–water partition coefficient (Wildman–Crippen LogP) is 0.445. The molecular formula is C15H28N4O2. The molecule has 1 amide bonds. The molecule has 1 atom stereocenters. The van der Waals surface area contributed by atoms with Crippen molar-refractivity contribution in [3.05, 3.63) is 0 Å². The van der Waals surface area contributed by atoms with E-state index < -0.39 is 0 Å². The minimum absolute atomic E-state index is 0.0692. The van der Waals surface area contributed by atoms with Crippen LogP contribution in [0.15, 0.2) is 4.99 Å². The van der Waals surface area contributed by atoms with Crippen molar-refractivity contribution < 1.29 is 9.53 Å². The van der Waals surface area contributed by atoms with Crippen molar-refractivity contribution >= 4 is 11.9 Å². The first kappa shape index (κ1) is 16.1. The van der Waals surface area contributed by atoms with Gasteiger partial charge in [0.2, 0.25) is 5.91 Å². The number of carbonyl (C=O) groups is 1. The fraction of sp³-hybridized carbons (Fsp3) is 0.867. The average Bonchev–Trinajstić information content (AvgIpc) is 2.88. The molecule has 0 aromatic carbocycles. The van der Waals surface area contributed by atoms with E-state index in [-0.39, 0.29) is 23.3 Å². The van der Waals surface area contributed by atoms with Crippen LogP contribution in [0.3, 0.4) is 0 Å². The summed E-state index contributed by atoms with van der Waals surface area (Å²) in [6.07, 6.45) is 0.972. The van der Waals surface area contributed by atoms with Crippen LogP contribution in [0.4, 0.5) is 0 Å². The second-order valence-corrected chi connectivity index (χ2v) is 6.80. The molecule has 2 aliphatic rings. The number of hydrogen-bond acceptors (Lipinski definition) is 3. The molecular weight excluding hydrogens is 268 g/mol. The van der Waals surface area contributed by atoms with Crippen LogP contribution in [-0.2, 0) is 9.53 Å². The van der Waals surface area contributed by atoms with Crippen LogP contribution in [0.5, 0.6) is 0 Å². The molecule has 2 fully saturated rings. The molecule has 6 heteroatoms. The van der Waals surface area contributed by atoms with E-state index in [1.807, 2.05) is 18.7 Å². The van der Waals surface area contributed by atoms with Gasteiger partial charge in [-0.1, -0.05) is 20.8 Å². The maximum atomic E-state index is 12.0. The Labute approximate surface area is 127 Å². The third-order valence-electron chi connectivity index (χ3n) is 4.14. The SMILES string of the molecule is CN=C(NCC1(C)COC1)NC1CCN(C(=O)C(C)C)C1. The summed E-state index contributed by atoms with van der Waals surface area (Å²) in [7, 11) is 1.78. The van der Waals surface area contributed by atoms with E-state index in [9.17, 15) is 4.79 Å². The number of carbonyl (C=O) groups excluding carboxylic acids is 1. The molecule has 2 saturated heterocycles. The third-order valence-corrected chi connectivity index (χ3v) is 4.14. The van der Waals surface area contributed by atoms with Gasteiger partial charge in [-0.25, -0.2) is 0 Å². The summed E-state index contributed by atoms with van der Waals surface area (Å²) in [5.41, 5.74) is 0.215. The van der Waals surface area contributed by atoms with E-state index in [0.717, 1.165) is 45.2 Å². The topological polar surface area (TPSA) is 66.0 Å². The first-order valence-electron chi connectivity index (χ1n) is 7.77. The first-order valence-corrected chi connectivity index (χ1v) is 7.77.